The van der Waals surface area contributed by atoms with Crippen LogP contribution in [0.2, 0.25) is 10.0 Å². The van der Waals surface area contributed by atoms with Crippen molar-refractivity contribution in [3.63, 3.8) is 0 Å². The summed E-state index contributed by atoms with van der Waals surface area (Å²) < 4.78 is 0. The molecule has 0 unspecified atom stereocenters. The number of rotatable bonds is 3. The molecule has 0 saturated heterocycles. The van der Waals surface area contributed by atoms with E-state index < -0.39 is 0 Å². The molecule has 0 atom stereocenters. The normalized spacial score (nSPS) is 11.0. The van der Waals surface area contributed by atoms with Crippen molar-refractivity contribution in [2.24, 2.45) is 5.10 Å². The lowest BCUT2D eigenvalue weighted by Crippen LogP contribution is -2.17. The molecular weight excluding hydrogens is 317 g/mol. The van der Waals surface area contributed by atoms with Crippen LogP contribution in [0.25, 0.3) is 0 Å². The molecule has 7 heteroatoms. The Labute approximate surface area is 130 Å². The maximum atomic E-state index is 11.9. The third kappa shape index (κ3) is 3.56. The van der Waals surface area contributed by atoms with Gasteiger partial charge in [0.25, 0.3) is 5.91 Å². The second kappa shape index (κ2) is 6.35. The number of thiazole rings is 1. The van der Waals surface area contributed by atoms with Crippen molar-refractivity contribution >= 4 is 46.7 Å². The molecule has 1 N–H and O–H groups in total. The van der Waals surface area contributed by atoms with Crippen LogP contribution in [-0.4, -0.2) is 17.1 Å². The molecule has 1 amide bonds. The summed E-state index contributed by atoms with van der Waals surface area (Å²) in [6, 6.07) is 5.09. The SMILES string of the molecule is Cc1nc(C)c(C(=O)N/N=C/c2ccc(Cl)c(Cl)c2)s1. The maximum Gasteiger partial charge on any atom is 0.283 e. The molecule has 1 aromatic heterocycles. The van der Waals surface area contributed by atoms with Gasteiger partial charge < -0.3 is 0 Å². The summed E-state index contributed by atoms with van der Waals surface area (Å²) in [4.78, 5) is 16.6. The van der Waals surface area contributed by atoms with Gasteiger partial charge >= 0.3 is 0 Å². The number of carbonyl (C=O) groups excluding carboxylic acids is 1. The Hall–Kier alpha value is -1.43. The lowest BCUT2D eigenvalue weighted by atomic mass is 10.2. The predicted octanol–water partition coefficient (Wildman–Crippen LogP) is 3.83. The lowest BCUT2D eigenvalue weighted by Gasteiger charge is -1.98. The van der Waals surface area contributed by atoms with Crippen molar-refractivity contribution in [1.82, 2.24) is 10.4 Å². The van der Waals surface area contributed by atoms with Gasteiger partial charge in [0.1, 0.15) is 4.88 Å². The largest absolute Gasteiger partial charge is 0.283 e. The summed E-state index contributed by atoms with van der Waals surface area (Å²) in [5, 5.41) is 5.66. The molecule has 0 spiro atoms. The zero-order valence-electron chi connectivity index (χ0n) is 10.8. The first kappa shape index (κ1) is 15.0. The van der Waals surface area contributed by atoms with Crippen molar-refractivity contribution in [3.8, 4) is 0 Å². The molecule has 0 bridgehead atoms. The number of aryl methyl sites for hydroxylation is 2. The fourth-order valence-electron chi connectivity index (χ4n) is 1.55. The summed E-state index contributed by atoms with van der Waals surface area (Å²) in [5.41, 5.74) is 3.91. The Morgan fingerprint density at radius 2 is 2.10 bits per heavy atom. The number of amides is 1. The monoisotopic (exact) mass is 327 g/mol. The third-order valence-electron chi connectivity index (χ3n) is 2.43. The van der Waals surface area contributed by atoms with Gasteiger partial charge in [-0.1, -0.05) is 29.3 Å². The second-order valence-corrected chi connectivity index (χ2v) is 6.04. The highest BCUT2D eigenvalue weighted by atomic mass is 35.5. The van der Waals surface area contributed by atoms with Gasteiger partial charge in [-0.05, 0) is 31.5 Å². The Bertz CT molecular complexity index is 682. The van der Waals surface area contributed by atoms with Crippen LogP contribution in [0, 0.1) is 13.8 Å². The highest BCUT2D eigenvalue weighted by Gasteiger charge is 2.12. The third-order valence-corrected chi connectivity index (χ3v) is 4.24. The highest BCUT2D eigenvalue weighted by molar-refractivity contribution is 7.13. The molecule has 0 aliphatic heterocycles. The van der Waals surface area contributed by atoms with Gasteiger partial charge in [-0.15, -0.1) is 11.3 Å². The van der Waals surface area contributed by atoms with Crippen LogP contribution in [0.15, 0.2) is 23.3 Å². The number of benzene rings is 1. The Morgan fingerprint density at radius 1 is 1.35 bits per heavy atom. The van der Waals surface area contributed by atoms with Crippen LogP contribution in [0.1, 0.15) is 25.9 Å². The fraction of sp³-hybridized carbons (Fsp3) is 0.154. The van der Waals surface area contributed by atoms with Gasteiger partial charge in [0.2, 0.25) is 0 Å². The first-order chi connectivity index (χ1) is 9.47. The van der Waals surface area contributed by atoms with E-state index in [2.05, 4.69) is 15.5 Å². The molecule has 104 valence electrons. The number of halogens is 2. The molecular formula is C13H11Cl2N3OS. The van der Waals surface area contributed by atoms with Gasteiger partial charge in [-0.3, -0.25) is 4.79 Å². The van der Waals surface area contributed by atoms with E-state index in [1.54, 1.807) is 25.1 Å². The predicted molar refractivity (Wildman–Crippen MR) is 83.1 cm³/mol. The minimum atomic E-state index is -0.274. The standard InChI is InChI=1S/C13H11Cl2N3OS/c1-7-12(20-8(2)17-7)13(19)18-16-6-9-3-4-10(14)11(15)5-9/h3-6H,1-2H3,(H,18,19)/b16-6+. The molecule has 1 heterocycles. The zero-order valence-corrected chi connectivity index (χ0v) is 13.1. The zero-order chi connectivity index (χ0) is 14.7. The van der Waals surface area contributed by atoms with E-state index in [4.69, 9.17) is 23.2 Å². The average Bonchev–Trinajstić information content (AvgIpc) is 2.73. The molecule has 0 saturated carbocycles. The van der Waals surface area contributed by atoms with E-state index in [1.165, 1.54) is 17.6 Å². The number of hydrazone groups is 1. The van der Waals surface area contributed by atoms with Gasteiger partial charge in [0.05, 0.1) is 27.0 Å². The molecule has 0 fully saturated rings. The van der Waals surface area contributed by atoms with E-state index in [0.29, 0.717) is 20.6 Å². The van der Waals surface area contributed by atoms with Gasteiger partial charge in [-0.25, -0.2) is 10.4 Å². The maximum absolute atomic E-state index is 11.9. The summed E-state index contributed by atoms with van der Waals surface area (Å²) in [6.07, 6.45) is 1.50. The van der Waals surface area contributed by atoms with Crippen LogP contribution in [-0.2, 0) is 0 Å². The summed E-state index contributed by atoms with van der Waals surface area (Å²) in [6.45, 7) is 3.65. The molecule has 1 aromatic carbocycles. The average molecular weight is 328 g/mol. The molecule has 0 aliphatic carbocycles. The van der Waals surface area contributed by atoms with Crippen molar-refractivity contribution in [3.05, 3.63) is 49.4 Å². The number of aromatic nitrogens is 1. The fourth-order valence-corrected chi connectivity index (χ4v) is 2.67. The van der Waals surface area contributed by atoms with E-state index in [9.17, 15) is 4.79 Å². The lowest BCUT2D eigenvalue weighted by molar-refractivity contribution is 0.0958. The van der Waals surface area contributed by atoms with Crippen molar-refractivity contribution < 1.29 is 4.79 Å². The van der Waals surface area contributed by atoms with Crippen LogP contribution in [0.3, 0.4) is 0 Å². The minimum absolute atomic E-state index is 0.274. The molecule has 0 aliphatic rings. The Kier molecular flexibility index (Phi) is 4.75. The quantitative estimate of drug-likeness (QED) is 0.688. The first-order valence-electron chi connectivity index (χ1n) is 5.70. The van der Waals surface area contributed by atoms with Gasteiger partial charge in [0, 0.05) is 0 Å². The van der Waals surface area contributed by atoms with Crippen molar-refractivity contribution in [1.29, 1.82) is 0 Å². The number of carbonyl (C=O) groups is 1. The highest BCUT2D eigenvalue weighted by Crippen LogP contribution is 2.21. The van der Waals surface area contributed by atoms with E-state index in [0.717, 1.165) is 10.6 Å². The Morgan fingerprint density at radius 3 is 2.70 bits per heavy atom. The van der Waals surface area contributed by atoms with Gasteiger partial charge in [-0.2, -0.15) is 5.10 Å². The summed E-state index contributed by atoms with van der Waals surface area (Å²) in [7, 11) is 0. The molecule has 20 heavy (non-hydrogen) atoms. The molecule has 4 nitrogen and oxygen atoms in total. The minimum Gasteiger partial charge on any atom is -0.266 e. The molecule has 0 radical (unpaired) electrons. The van der Waals surface area contributed by atoms with Crippen molar-refractivity contribution in [2.45, 2.75) is 13.8 Å². The van der Waals surface area contributed by atoms with E-state index in [-0.39, 0.29) is 5.91 Å². The van der Waals surface area contributed by atoms with E-state index >= 15 is 0 Å². The second-order valence-electron chi connectivity index (χ2n) is 4.02. The van der Waals surface area contributed by atoms with Gasteiger partial charge in [0.15, 0.2) is 0 Å². The van der Waals surface area contributed by atoms with Crippen LogP contribution < -0.4 is 5.43 Å². The molecule has 2 aromatic rings. The first-order valence-corrected chi connectivity index (χ1v) is 7.27. The van der Waals surface area contributed by atoms with Crippen molar-refractivity contribution in [2.75, 3.05) is 0 Å². The van der Waals surface area contributed by atoms with Crippen LogP contribution in [0.4, 0.5) is 0 Å². The van der Waals surface area contributed by atoms with Crippen LogP contribution >= 0.6 is 34.5 Å². The Balaban J connectivity index is 2.04. The van der Waals surface area contributed by atoms with Crippen LogP contribution in [0.5, 0.6) is 0 Å². The molecule has 2 rings (SSSR count). The number of nitrogens with one attached hydrogen (secondary N) is 1. The summed E-state index contributed by atoms with van der Waals surface area (Å²) >= 11 is 13.0. The van der Waals surface area contributed by atoms with E-state index in [1.807, 2.05) is 6.92 Å². The smallest absolute Gasteiger partial charge is 0.266 e. The number of nitrogens with zero attached hydrogens (tertiary/aromatic N) is 2. The number of hydrogen-bond donors (Lipinski definition) is 1. The summed E-state index contributed by atoms with van der Waals surface area (Å²) in [5.74, 6) is -0.274. The topological polar surface area (TPSA) is 54.4 Å². The number of hydrogen-bond acceptors (Lipinski definition) is 4.